The lowest BCUT2D eigenvalue weighted by Gasteiger charge is -2.32. The molecule has 2 aromatic heterocycles. The smallest absolute Gasteiger partial charge is 0.224 e. The largest absolute Gasteiger partial charge is 0.495 e. The van der Waals surface area contributed by atoms with Gasteiger partial charge in [-0.1, -0.05) is 36.4 Å². The van der Waals surface area contributed by atoms with Crippen LogP contribution in [0.15, 0.2) is 54.9 Å². The Kier molecular flexibility index (Phi) is 7.93. The molecule has 1 aliphatic heterocycles. The van der Waals surface area contributed by atoms with Crippen molar-refractivity contribution in [3.63, 3.8) is 0 Å². The van der Waals surface area contributed by atoms with E-state index in [0.717, 1.165) is 25.1 Å². The van der Waals surface area contributed by atoms with Gasteiger partial charge in [-0.2, -0.15) is 5.10 Å². The molecule has 2 aliphatic rings. The quantitative estimate of drug-likeness (QED) is 0.254. The fraction of sp³-hybridized carbons (Fsp3) is 0.379. The summed E-state index contributed by atoms with van der Waals surface area (Å²) in [5.74, 6) is 1.59. The van der Waals surface area contributed by atoms with E-state index < -0.39 is 5.60 Å². The number of aliphatic hydroxyl groups is 1. The van der Waals surface area contributed by atoms with Crippen LogP contribution in [0.25, 0.3) is 22.3 Å². The molecule has 4 aromatic rings. The molecule has 0 bridgehead atoms. The number of rotatable bonds is 8. The number of ether oxygens (including phenoxy) is 1. The van der Waals surface area contributed by atoms with Crippen molar-refractivity contribution in [2.24, 2.45) is 5.92 Å². The number of nitrogens with one attached hydrogen (secondary N) is 2. The molecule has 1 aliphatic carbocycles. The molecule has 2 fully saturated rings. The van der Waals surface area contributed by atoms with Crippen LogP contribution >= 0.6 is 12.4 Å². The van der Waals surface area contributed by atoms with Gasteiger partial charge in [0, 0.05) is 12.0 Å². The first-order valence-electron chi connectivity index (χ1n) is 13.4. The molecule has 0 unspecified atom stereocenters. The molecule has 2 aromatic carbocycles. The minimum absolute atomic E-state index is 0. The zero-order valence-electron chi connectivity index (χ0n) is 22.3. The van der Waals surface area contributed by atoms with Gasteiger partial charge in [-0.25, -0.2) is 14.6 Å². The number of benzene rings is 2. The minimum Gasteiger partial charge on any atom is -0.495 e. The van der Waals surface area contributed by atoms with Gasteiger partial charge >= 0.3 is 0 Å². The van der Waals surface area contributed by atoms with Gasteiger partial charge < -0.3 is 26.2 Å². The normalized spacial score (nSPS) is 19.6. The summed E-state index contributed by atoms with van der Waals surface area (Å²) < 4.78 is 7.36. The fourth-order valence-corrected chi connectivity index (χ4v) is 5.63. The van der Waals surface area contributed by atoms with E-state index >= 15 is 0 Å². The maximum absolute atomic E-state index is 12.9. The van der Waals surface area contributed by atoms with Gasteiger partial charge in [-0.3, -0.25) is 4.79 Å². The second kappa shape index (κ2) is 11.4. The number of hydrogen-bond donors (Lipinski definition) is 4. The second-order valence-corrected chi connectivity index (χ2v) is 10.6. The molecule has 11 heteroatoms. The molecule has 5 N–H and O–H groups in total. The number of amides is 1. The van der Waals surface area contributed by atoms with Gasteiger partial charge in [0.15, 0.2) is 5.65 Å². The van der Waals surface area contributed by atoms with Gasteiger partial charge in [-0.05, 0) is 61.9 Å². The van der Waals surface area contributed by atoms with Crippen molar-refractivity contribution in [2.75, 3.05) is 31.2 Å². The van der Waals surface area contributed by atoms with Gasteiger partial charge in [0.1, 0.15) is 23.6 Å². The van der Waals surface area contributed by atoms with E-state index in [1.807, 2.05) is 36.4 Å². The van der Waals surface area contributed by atoms with Crippen LogP contribution in [0.3, 0.4) is 0 Å². The van der Waals surface area contributed by atoms with Crippen LogP contribution in [0.1, 0.15) is 37.2 Å². The first kappa shape index (κ1) is 27.8. The Morgan fingerprint density at radius 3 is 2.73 bits per heavy atom. The summed E-state index contributed by atoms with van der Waals surface area (Å²) >= 11 is 0. The van der Waals surface area contributed by atoms with Crippen molar-refractivity contribution >= 4 is 40.9 Å². The molecule has 1 amide bonds. The van der Waals surface area contributed by atoms with E-state index in [1.165, 1.54) is 11.9 Å². The summed E-state index contributed by atoms with van der Waals surface area (Å²) in [5, 5.41) is 22.9. The van der Waals surface area contributed by atoms with Gasteiger partial charge in [-0.15, -0.1) is 12.4 Å². The molecule has 10 nitrogen and oxygen atoms in total. The predicted octanol–water partition coefficient (Wildman–Crippen LogP) is 3.75. The average molecular weight is 564 g/mol. The minimum atomic E-state index is -0.881. The van der Waals surface area contributed by atoms with Crippen LogP contribution in [0, 0.1) is 5.92 Å². The lowest BCUT2D eigenvalue weighted by atomic mass is 9.92. The summed E-state index contributed by atoms with van der Waals surface area (Å²) in [6.07, 6.45) is 4.15. The Hall–Kier alpha value is -3.73. The lowest BCUT2D eigenvalue weighted by molar-refractivity contribution is -0.116. The zero-order valence-corrected chi connectivity index (χ0v) is 23.2. The highest BCUT2D eigenvalue weighted by Crippen LogP contribution is 2.49. The maximum atomic E-state index is 12.9. The van der Waals surface area contributed by atoms with Crippen LogP contribution in [-0.2, 0) is 11.3 Å². The topological polar surface area (TPSA) is 140 Å². The number of methoxy groups -OCH3 is 1. The second-order valence-electron chi connectivity index (χ2n) is 10.6. The summed E-state index contributed by atoms with van der Waals surface area (Å²) in [6.45, 7) is 1.80. The Balaban J connectivity index is 0.00000323. The number of anilines is 2. The van der Waals surface area contributed by atoms with Crippen LogP contribution in [0.4, 0.5) is 11.5 Å². The average Bonchev–Trinajstić information content (AvgIpc) is 3.61. The third kappa shape index (κ3) is 5.60. The Labute approximate surface area is 238 Å². The van der Waals surface area contributed by atoms with Crippen LogP contribution < -0.4 is 21.1 Å². The SMILES string of the molecule is COc1cc(-c2nn(CC3(O)CCNCC3)c3ncnc(N)c23)ccc1NC(=O)C[C@@H]1C[C@H]1c1ccccc1.Cl. The molecule has 3 heterocycles. The van der Waals surface area contributed by atoms with E-state index in [4.69, 9.17) is 15.6 Å². The highest BCUT2D eigenvalue weighted by molar-refractivity contribution is 5.99. The van der Waals surface area contributed by atoms with Crippen molar-refractivity contribution in [3.8, 4) is 17.0 Å². The number of nitrogen functional groups attached to an aromatic ring is 1. The number of carbonyl (C=O) groups is 1. The maximum Gasteiger partial charge on any atom is 0.224 e. The van der Waals surface area contributed by atoms with Crippen molar-refractivity contribution in [1.82, 2.24) is 25.1 Å². The van der Waals surface area contributed by atoms with Crippen molar-refractivity contribution < 1.29 is 14.6 Å². The number of fused-ring (bicyclic) bond motifs is 1. The lowest BCUT2D eigenvalue weighted by Crippen LogP contribution is -2.45. The van der Waals surface area contributed by atoms with Gasteiger partial charge in [0.25, 0.3) is 0 Å². The van der Waals surface area contributed by atoms with Crippen LogP contribution in [0.5, 0.6) is 5.75 Å². The number of hydrogen-bond acceptors (Lipinski definition) is 8. The summed E-state index contributed by atoms with van der Waals surface area (Å²) in [4.78, 5) is 21.5. The van der Waals surface area contributed by atoms with Crippen molar-refractivity contribution in [1.29, 1.82) is 0 Å². The highest BCUT2D eigenvalue weighted by Gasteiger charge is 2.39. The van der Waals surface area contributed by atoms with Crippen LogP contribution in [-0.4, -0.2) is 56.6 Å². The molecule has 2 atom stereocenters. The molecule has 1 saturated heterocycles. The van der Waals surface area contributed by atoms with Gasteiger partial charge in [0.05, 0.1) is 30.3 Å². The Bertz CT molecular complexity index is 1500. The monoisotopic (exact) mass is 563 g/mol. The molecular weight excluding hydrogens is 530 g/mol. The third-order valence-electron chi connectivity index (χ3n) is 7.88. The molecule has 0 spiro atoms. The number of aromatic nitrogens is 4. The van der Waals surface area contributed by atoms with Crippen molar-refractivity contribution in [2.45, 2.75) is 43.7 Å². The molecule has 0 radical (unpaired) electrons. The van der Waals surface area contributed by atoms with E-state index in [1.54, 1.807) is 11.8 Å². The van der Waals surface area contributed by atoms with Gasteiger partial charge in [0.2, 0.25) is 5.91 Å². The van der Waals surface area contributed by atoms with Crippen LogP contribution in [0.2, 0.25) is 0 Å². The van der Waals surface area contributed by atoms with Crippen molar-refractivity contribution in [3.05, 3.63) is 60.4 Å². The summed E-state index contributed by atoms with van der Waals surface area (Å²) in [5.41, 5.74) is 9.20. The summed E-state index contributed by atoms with van der Waals surface area (Å²) in [7, 11) is 1.57. The summed E-state index contributed by atoms with van der Waals surface area (Å²) in [6, 6.07) is 15.9. The zero-order chi connectivity index (χ0) is 27.0. The molecule has 6 rings (SSSR count). The van der Waals surface area contributed by atoms with E-state index in [2.05, 4.69) is 32.7 Å². The number of carbonyl (C=O) groups excluding carboxylic acids is 1. The Morgan fingerprint density at radius 2 is 1.98 bits per heavy atom. The van der Waals surface area contributed by atoms with E-state index in [-0.39, 0.29) is 18.3 Å². The number of halogens is 1. The molecule has 1 saturated carbocycles. The first-order valence-corrected chi connectivity index (χ1v) is 13.4. The Morgan fingerprint density at radius 1 is 1.20 bits per heavy atom. The fourth-order valence-electron chi connectivity index (χ4n) is 5.63. The number of piperidine rings is 1. The number of nitrogens with zero attached hydrogens (tertiary/aromatic N) is 4. The molecular formula is C29H34ClN7O3. The first-order chi connectivity index (χ1) is 18.9. The molecule has 40 heavy (non-hydrogen) atoms. The number of nitrogens with two attached hydrogens (primary N) is 1. The van der Waals surface area contributed by atoms with E-state index in [9.17, 15) is 9.90 Å². The predicted molar refractivity (Wildman–Crippen MR) is 157 cm³/mol. The highest BCUT2D eigenvalue weighted by atomic mass is 35.5. The van der Waals surface area contributed by atoms with E-state index in [0.29, 0.717) is 71.6 Å². The standard InChI is InChI=1S/C29H33N7O3.ClH/c1-39-23-14-19(7-8-22(23)34-24(37)15-20-13-21(20)18-5-3-2-4-6-18)26-25-27(30)32-17-33-28(25)36(35-26)16-29(38)9-11-31-12-10-29;/h2-8,14,17,20-21,31,38H,9-13,15-16H2,1H3,(H,34,37)(H2,30,32,33);1H/t20-,21-;/m0./s1. The third-order valence-corrected chi connectivity index (χ3v) is 7.88. The molecule has 210 valence electrons.